The second-order valence-corrected chi connectivity index (χ2v) is 5.82. The van der Waals surface area contributed by atoms with Gasteiger partial charge in [0.25, 0.3) is 0 Å². The molecule has 0 radical (unpaired) electrons. The van der Waals surface area contributed by atoms with Crippen LogP contribution < -0.4 is 5.32 Å². The molecule has 1 aliphatic rings. The van der Waals surface area contributed by atoms with Crippen molar-refractivity contribution in [3.63, 3.8) is 0 Å². The van der Waals surface area contributed by atoms with Gasteiger partial charge in [-0.05, 0) is 55.5 Å². The highest BCUT2D eigenvalue weighted by Crippen LogP contribution is 2.28. The molecule has 1 fully saturated rings. The van der Waals surface area contributed by atoms with Gasteiger partial charge in [-0.3, -0.25) is 0 Å². The quantitative estimate of drug-likeness (QED) is 0.814. The lowest BCUT2D eigenvalue weighted by atomic mass is 9.88. The Bertz CT molecular complexity index is 394. The number of alkyl halides is 1. The van der Waals surface area contributed by atoms with Crippen LogP contribution in [-0.4, -0.2) is 11.9 Å². The Hall–Kier alpha value is -0.600. The van der Waals surface area contributed by atoms with E-state index >= 15 is 0 Å². The largest absolute Gasteiger partial charge is 0.312 e. The summed E-state index contributed by atoms with van der Waals surface area (Å²) in [6.45, 7) is 3.71. The minimum atomic E-state index is -0.163. The molecule has 1 nitrogen and oxygen atoms in total. The van der Waals surface area contributed by atoms with Gasteiger partial charge in [0, 0.05) is 11.9 Å². The number of nitrogens with one attached hydrogen (secondary N) is 1. The van der Waals surface area contributed by atoms with Crippen molar-refractivity contribution in [2.75, 3.05) is 6.54 Å². The van der Waals surface area contributed by atoms with Gasteiger partial charge in [0.1, 0.15) is 5.82 Å². The molecule has 2 unspecified atom stereocenters. The maximum Gasteiger partial charge on any atom is 0.123 e. The Morgan fingerprint density at radius 2 is 2.11 bits per heavy atom. The van der Waals surface area contributed by atoms with Crippen molar-refractivity contribution < 1.29 is 4.39 Å². The van der Waals surface area contributed by atoms with Crippen LogP contribution in [0.4, 0.5) is 4.39 Å². The number of rotatable bonds is 4. The smallest absolute Gasteiger partial charge is 0.123 e. The van der Waals surface area contributed by atoms with Crippen molar-refractivity contribution in [3.05, 3.63) is 35.1 Å². The maximum atomic E-state index is 13.0. The van der Waals surface area contributed by atoms with E-state index in [1.807, 2.05) is 13.0 Å². The zero-order chi connectivity index (χ0) is 13.0. The second-order valence-electron chi connectivity index (χ2n) is 5.26. The predicted molar refractivity (Wildman–Crippen MR) is 74.4 cm³/mol. The lowest BCUT2D eigenvalue weighted by molar-refractivity contribution is 0.348. The van der Waals surface area contributed by atoms with Gasteiger partial charge in [-0.2, -0.15) is 0 Å². The van der Waals surface area contributed by atoms with E-state index in [0.717, 1.165) is 25.1 Å². The van der Waals surface area contributed by atoms with Crippen LogP contribution in [0.2, 0.25) is 0 Å². The van der Waals surface area contributed by atoms with E-state index < -0.39 is 0 Å². The Kier molecular flexibility index (Phi) is 5.02. The molecule has 2 rings (SSSR count). The molecule has 2 atom stereocenters. The fraction of sp³-hybridized carbons (Fsp3) is 0.600. The molecule has 1 saturated carbocycles. The molecule has 0 spiro atoms. The van der Waals surface area contributed by atoms with Crippen LogP contribution in [-0.2, 0) is 6.54 Å². The number of hydrogen-bond donors (Lipinski definition) is 1. The van der Waals surface area contributed by atoms with E-state index in [1.54, 1.807) is 6.07 Å². The highest BCUT2D eigenvalue weighted by atomic mass is 35.5. The predicted octanol–water partition coefficient (Wildman–Crippen LogP) is 4.02. The molecule has 0 heterocycles. The van der Waals surface area contributed by atoms with Crippen LogP contribution in [0.1, 0.15) is 36.8 Å². The molecule has 0 saturated heterocycles. The van der Waals surface area contributed by atoms with E-state index in [-0.39, 0.29) is 5.82 Å². The van der Waals surface area contributed by atoms with E-state index in [0.29, 0.717) is 11.3 Å². The van der Waals surface area contributed by atoms with Crippen molar-refractivity contribution in [1.82, 2.24) is 5.32 Å². The first-order valence-electron chi connectivity index (χ1n) is 6.76. The lowest BCUT2D eigenvalue weighted by Crippen LogP contribution is -2.31. The van der Waals surface area contributed by atoms with E-state index in [2.05, 4.69) is 5.32 Å². The van der Waals surface area contributed by atoms with Crippen LogP contribution >= 0.6 is 11.6 Å². The Balaban J connectivity index is 1.81. The van der Waals surface area contributed by atoms with Crippen molar-refractivity contribution in [2.24, 2.45) is 5.92 Å². The summed E-state index contributed by atoms with van der Waals surface area (Å²) in [6.07, 6.45) is 4.93. The normalized spacial score (nSPS) is 24.2. The second kappa shape index (κ2) is 6.53. The Morgan fingerprint density at radius 1 is 1.33 bits per heavy atom. The summed E-state index contributed by atoms with van der Waals surface area (Å²) < 4.78 is 13.0. The molecule has 1 aromatic rings. The minimum absolute atomic E-state index is 0.163. The lowest BCUT2D eigenvalue weighted by Gasteiger charge is -2.27. The first-order valence-corrected chi connectivity index (χ1v) is 7.20. The van der Waals surface area contributed by atoms with Crippen LogP contribution in [0.3, 0.4) is 0 Å². The summed E-state index contributed by atoms with van der Waals surface area (Å²) in [4.78, 5) is 0. The highest BCUT2D eigenvalue weighted by Gasteiger charge is 2.22. The Morgan fingerprint density at radius 3 is 2.83 bits per heavy atom. The molecule has 0 aromatic heterocycles. The molecule has 1 aromatic carbocycles. The zero-order valence-electron chi connectivity index (χ0n) is 10.9. The molecule has 3 heteroatoms. The third-order valence-corrected chi connectivity index (χ3v) is 4.42. The summed E-state index contributed by atoms with van der Waals surface area (Å²) in [5.74, 6) is 0.422. The van der Waals surface area contributed by atoms with Gasteiger partial charge in [-0.15, -0.1) is 11.6 Å². The van der Waals surface area contributed by atoms with Crippen molar-refractivity contribution in [3.8, 4) is 0 Å². The number of benzene rings is 1. The molecule has 18 heavy (non-hydrogen) atoms. The number of hydrogen-bond acceptors (Lipinski definition) is 1. The van der Waals surface area contributed by atoms with Crippen molar-refractivity contribution >= 4 is 11.6 Å². The average Bonchev–Trinajstić information content (AvgIpc) is 2.34. The van der Waals surface area contributed by atoms with Gasteiger partial charge >= 0.3 is 0 Å². The van der Waals surface area contributed by atoms with E-state index in [4.69, 9.17) is 11.6 Å². The molecule has 100 valence electrons. The summed E-state index contributed by atoms with van der Waals surface area (Å²) in [5, 5.41) is 3.78. The van der Waals surface area contributed by atoms with Crippen molar-refractivity contribution in [1.29, 1.82) is 0 Å². The van der Waals surface area contributed by atoms with E-state index in [9.17, 15) is 4.39 Å². The number of halogens is 2. The molecule has 1 N–H and O–H groups in total. The van der Waals surface area contributed by atoms with Crippen LogP contribution in [0.15, 0.2) is 18.2 Å². The Labute approximate surface area is 114 Å². The van der Waals surface area contributed by atoms with Crippen molar-refractivity contribution in [2.45, 2.75) is 44.5 Å². The fourth-order valence-corrected chi connectivity index (χ4v) is 3.01. The molecular weight excluding hydrogens is 249 g/mol. The molecule has 0 aliphatic heterocycles. The summed E-state index contributed by atoms with van der Waals surface area (Å²) in [5.41, 5.74) is 2.17. The third-order valence-electron chi connectivity index (χ3n) is 3.84. The minimum Gasteiger partial charge on any atom is -0.312 e. The SMILES string of the molecule is Cc1cc(F)ccc1CNCC1CCCCC1Cl. The topological polar surface area (TPSA) is 12.0 Å². The highest BCUT2D eigenvalue weighted by molar-refractivity contribution is 6.20. The summed E-state index contributed by atoms with van der Waals surface area (Å²) in [7, 11) is 0. The molecular formula is C15H21ClFN. The van der Waals surface area contributed by atoms with Crippen LogP contribution in [0, 0.1) is 18.7 Å². The zero-order valence-corrected chi connectivity index (χ0v) is 11.6. The fourth-order valence-electron chi connectivity index (χ4n) is 2.64. The summed E-state index contributed by atoms with van der Waals surface area (Å²) >= 11 is 6.33. The van der Waals surface area contributed by atoms with Gasteiger partial charge in [0.05, 0.1) is 0 Å². The van der Waals surface area contributed by atoms with Gasteiger partial charge < -0.3 is 5.32 Å². The van der Waals surface area contributed by atoms with Crippen LogP contribution in [0.25, 0.3) is 0 Å². The van der Waals surface area contributed by atoms with Gasteiger partial charge in [0.15, 0.2) is 0 Å². The first-order chi connectivity index (χ1) is 8.66. The van der Waals surface area contributed by atoms with Crippen LogP contribution in [0.5, 0.6) is 0 Å². The summed E-state index contributed by atoms with van der Waals surface area (Å²) in [6, 6.07) is 4.97. The first kappa shape index (κ1) is 13.8. The standard InChI is InChI=1S/C15H21ClFN/c1-11-8-14(17)7-6-12(11)9-18-10-13-4-2-3-5-15(13)16/h6-8,13,15,18H,2-5,9-10H2,1H3. The average molecular weight is 270 g/mol. The number of aryl methyl sites for hydroxylation is 1. The van der Waals surface area contributed by atoms with Gasteiger partial charge in [-0.1, -0.05) is 18.9 Å². The monoisotopic (exact) mass is 269 g/mol. The third kappa shape index (κ3) is 3.69. The van der Waals surface area contributed by atoms with E-state index in [1.165, 1.54) is 30.9 Å². The van der Waals surface area contributed by atoms with Gasteiger partial charge in [-0.25, -0.2) is 4.39 Å². The molecule has 1 aliphatic carbocycles. The van der Waals surface area contributed by atoms with Gasteiger partial charge in [0.2, 0.25) is 0 Å². The maximum absolute atomic E-state index is 13.0. The molecule has 0 bridgehead atoms. The molecule has 0 amide bonds.